The van der Waals surface area contributed by atoms with Crippen molar-refractivity contribution >= 4 is 56.9 Å². The number of nitrogens with zero attached hydrogens (tertiary/aromatic N) is 3. The fourth-order valence-corrected chi connectivity index (χ4v) is 3.39. The molecule has 1 amide bonds. The Morgan fingerprint density at radius 2 is 1.89 bits per heavy atom. The standard InChI is InChI=1S/C18H12Cl2N4O3/c19-9-10-5-7-11(8-6-10)23(18(26)27)24-15-12-3-1-2-4-13(12)21-16(20)14(15)22-17(24)25/h1-8H,9H2,(H,22,25)(H,26,27). The number of carbonyl (C=O) groups is 1. The second-order valence-electron chi connectivity index (χ2n) is 5.78. The predicted molar refractivity (Wildman–Crippen MR) is 105 cm³/mol. The molecule has 4 rings (SSSR count). The third kappa shape index (κ3) is 2.81. The minimum Gasteiger partial charge on any atom is -0.463 e. The zero-order valence-corrected chi connectivity index (χ0v) is 15.2. The van der Waals surface area contributed by atoms with Gasteiger partial charge in [0.15, 0.2) is 5.15 Å². The Kier molecular flexibility index (Phi) is 4.25. The van der Waals surface area contributed by atoms with Crippen molar-refractivity contribution < 1.29 is 9.90 Å². The molecule has 0 fully saturated rings. The number of alkyl halides is 1. The zero-order valence-electron chi connectivity index (χ0n) is 13.7. The second-order valence-corrected chi connectivity index (χ2v) is 6.41. The van der Waals surface area contributed by atoms with Crippen LogP contribution in [-0.2, 0) is 5.88 Å². The Morgan fingerprint density at radius 3 is 2.56 bits per heavy atom. The van der Waals surface area contributed by atoms with Gasteiger partial charge in [0.2, 0.25) is 0 Å². The third-order valence-electron chi connectivity index (χ3n) is 4.17. The van der Waals surface area contributed by atoms with Crippen LogP contribution in [0.5, 0.6) is 0 Å². The van der Waals surface area contributed by atoms with Crippen LogP contribution in [0.1, 0.15) is 5.56 Å². The van der Waals surface area contributed by atoms with Crippen LogP contribution < -0.4 is 10.7 Å². The molecule has 0 spiro atoms. The van der Waals surface area contributed by atoms with Crippen molar-refractivity contribution in [3.05, 3.63) is 69.7 Å². The molecule has 2 aromatic heterocycles. The van der Waals surface area contributed by atoms with Crippen LogP contribution in [-0.4, -0.2) is 25.8 Å². The van der Waals surface area contributed by atoms with Gasteiger partial charge in [-0.3, -0.25) is 0 Å². The van der Waals surface area contributed by atoms with Crippen molar-refractivity contribution in [3.63, 3.8) is 0 Å². The van der Waals surface area contributed by atoms with Gasteiger partial charge in [-0.05, 0) is 23.8 Å². The lowest BCUT2D eigenvalue weighted by Crippen LogP contribution is -2.41. The van der Waals surface area contributed by atoms with E-state index in [4.69, 9.17) is 23.2 Å². The summed E-state index contributed by atoms with van der Waals surface area (Å²) in [6.07, 6.45) is -1.33. The smallest absolute Gasteiger partial charge is 0.431 e. The van der Waals surface area contributed by atoms with Gasteiger partial charge in [-0.1, -0.05) is 41.9 Å². The highest BCUT2D eigenvalue weighted by atomic mass is 35.5. The summed E-state index contributed by atoms with van der Waals surface area (Å²) >= 11 is 12.0. The SMILES string of the molecule is O=C(O)N(c1ccc(CCl)cc1)n1c(=O)[nH]c2c(Cl)nc3ccccc3c21. The number of rotatable bonds is 3. The van der Waals surface area contributed by atoms with E-state index in [-0.39, 0.29) is 16.4 Å². The van der Waals surface area contributed by atoms with Crippen LogP contribution in [0.2, 0.25) is 5.15 Å². The molecule has 0 saturated carbocycles. The third-order valence-corrected chi connectivity index (χ3v) is 4.76. The van der Waals surface area contributed by atoms with Gasteiger partial charge in [-0.2, -0.15) is 9.69 Å². The molecule has 7 nitrogen and oxygen atoms in total. The Labute approximate surface area is 162 Å². The maximum Gasteiger partial charge on any atom is 0.431 e. The number of anilines is 1. The summed E-state index contributed by atoms with van der Waals surface area (Å²) in [7, 11) is 0. The molecular formula is C18H12Cl2N4O3. The van der Waals surface area contributed by atoms with E-state index in [9.17, 15) is 14.7 Å². The summed E-state index contributed by atoms with van der Waals surface area (Å²) in [5.74, 6) is 0.298. The number of benzene rings is 2. The van der Waals surface area contributed by atoms with Crippen LogP contribution in [0.15, 0.2) is 53.3 Å². The van der Waals surface area contributed by atoms with Gasteiger partial charge in [0, 0.05) is 11.3 Å². The molecular weight excluding hydrogens is 391 g/mol. The number of imidazole rings is 1. The van der Waals surface area contributed by atoms with E-state index in [1.165, 1.54) is 0 Å². The van der Waals surface area contributed by atoms with E-state index in [0.29, 0.717) is 22.3 Å². The van der Waals surface area contributed by atoms with E-state index >= 15 is 0 Å². The Morgan fingerprint density at radius 1 is 1.19 bits per heavy atom. The molecule has 0 atom stereocenters. The minimum absolute atomic E-state index is 0.0855. The van der Waals surface area contributed by atoms with Gasteiger partial charge in [0.25, 0.3) is 0 Å². The number of nitrogens with one attached hydrogen (secondary N) is 1. The first-order chi connectivity index (χ1) is 13.0. The van der Waals surface area contributed by atoms with Crippen LogP contribution in [0.3, 0.4) is 0 Å². The average Bonchev–Trinajstić information content (AvgIpc) is 3.00. The number of fused-ring (bicyclic) bond motifs is 3. The first-order valence-corrected chi connectivity index (χ1v) is 8.79. The normalized spacial score (nSPS) is 11.2. The molecule has 27 heavy (non-hydrogen) atoms. The number of hydrogen-bond acceptors (Lipinski definition) is 3. The quantitative estimate of drug-likeness (QED) is 0.396. The lowest BCUT2D eigenvalue weighted by molar-refractivity contribution is 0.199. The number of halogens is 2. The number of hydrogen-bond donors (Lipinski definition) is 2. The van der Waals surface area contributed by atoms with Crippen LogP contribution in [0, 0.1) is 0 Å². The molecule has 0 saturated heterocycles. The zero-order chi connectivity index (χ0) is 19.1. The van der Waals surface area contributed by atoms with Gasteiger partial charge >= 0.3 is 11.8 Å². The van der Waals surface area contributed by atoms with Crippen LogP contribution in [0.25, 0.3) is 21.9 Å². The number of amides is 1. The Hall–Kier alpha value is -3.03. The van der Waals surface area contributed by atoms with Gasteiger partial charge < -0.3 is 10.1 Å². The molecule has 0 aliphatic carbocycles. The maximum absolute atomic E-state index is 12.7. The van der Waals surface area contributed by atoms with Crippen molar-refractivity contribution in [2.45, 2.75) is 5.88 Å². The molecule has 4 aromatic rings. The fourth-order valence-electron chi connectivity index (χ4n) is 2.99. The van der Waals surface area contributed by atoms with Crippen molar-refractivity contribution in [3.8, 4) is 0 Å². The van der Waals surface area contributed by atoms with Gasteiger partial charge in [-0.15, -0.1) is 11.6 Å². The molecule has 0 bridgehead atoms. The van der Waals surface area contributed by atoms with Crippen molar-refractivity contribution in [2.24, 2.45) is 0 Å². The van der Waals surface area contributed by atoms with E-state index in [1.807, 2.05) is 0 Å². The molecule has 136 valence electrons. The number of carboxylic acid groups (broad SMARTS) is 1. The van der Waals surface area contributed by atoms with Crippen LogP contribution in [0.4, 0.5) is 10.5 Å². The first kappa shape index (κ1) is 17.4. The monoisotopic (exact) mass is 402 g/mol. The first-order valence-electron chi connectivity index (χ1n) is 7.88. The van der Waals surface area contributed by atoms with E-state index < -0.39 is 11.8 Å². The van der Waals surface area contributed by atoms with Gasteiger partial charge in [0.05, 0.1) is 11.2 Å². The van der Waals surface area contributed by atoms with E-state index in [1.54, 1.807) is 48.5 Å². The number of H-pyrrole nitrogens is 1. The summed E-state index contributed by atoms with van der Waals surface area (Å²) in [5.41, 5.74) is 1.62. The lowest BCUT2D eigenvalue weighted by Gasteiger charge is -2.20. The average molecular weight is 403 g/mol. The number of pyridine rings is 1. The van der Waals surface area contributed by atoms with Crippen LogP contribution >= 0.6 is 23.2 Å². The number of aromatic amines is 1. The van der Waals surface area contributed by atoms with Crippen molar-refractivity contribution in [1.82, 2.24) is 14.6 Å². The highest BCUT2D eigenvalue weighted by Crippen LogP contribution is 2.29. The second kappa shape index (κ2) is 6.61. The largest absolute Gasteiger partial charge is 0.463 e. The lowest BCUT2D eigenvalue weighted by atomic mass is 10.2. The highest BCUT2D eigenvalue weighted by Gasteiger charge is 2.24. The summed E-state index contributed by atoms with van der Waals surface area (Å²) in [6, 6.07) is 13.6. The summed E-state index contributed by atoms with van der Waals surface area (Å²) < 4.78 is 1.04. The van der Waals surface area contributed by atoms with Crippen molar-refractivity contribution in [1.29, 1.82) is 0 Å². The predicted octanol–water partition coefficient (Wildman–Crippen LogP) is 4.22. The van der Waals surface area contributed by atoms with E-state index in [2.05, 4.69) is 9.97 Å². The van der Waals surface area contributed by atoms with Gasteiger partial charge in [-0.25, -0.2) is 14.6 Å². The number of para-hydroxylation sites is 1. The molecule has 0 radical (unpaired) electrons. The molecule has 2 heterocycles. The topological polar surface area (TPSA) is 91.2 Å². The molecule has 9 heteroatoms. The molecule has 0 unspecified atom stereocenters. The maximum atomic E-state index is 12.7. The highest BCUT2D eigenvalue weighted by molar-refractivity contribution is 6.35. The summed E-state index contributed by atoms with van der Waals surface area (Å²) in [4.78, 5) is 31.6. The molecule has 2 N–H and O–H groups in total. The number of aromatic nitrogens is 3. The van der Waals surface area contributed by atoms with Crippen molar-refractivity contribution in [2.75, 3.05) is 5.01 Å². The minimum atomic E-state index is -1.33. The summed E-state index contributed by atoms with van der Waals surface area (Å²) in [5, 5.41) is 11.4. The molecule has 0 aliphatic rings. The van der Waals surface area contributed by atoms with E-state index in [0.717, 1.165) is 15.2 Å². The molecule has 2 aromatic carbocycles. The molecule has 0 aliphatic heterocycles. The Bertz CT molecular complexity index is 1230. The Balaban J connectivity index is 2.07. The summed E-state index contributed by atoms with van der Waals surface area (Å²) in [6.45, 7) is 0. The fraction of sp³-hybridized carbons (Fsp3) is 0.0556. The van der Waals surface area contributed by atoms with Gasteiger partial charge in [0.1, 0.15) is 11.0 Å².